The van der Waals surface area contributed by atoms with Crippen LogP contribution in [0.25, 0.3) is 0 Å². The van der Waals surface area contributed by atoms with Gasteiger partial charge in [0.2, 0.25) is 10.0 Å². The van der Waals surface area contributed by atoms with Gasteiger partial charge in [0, 0.05) is 25.9 Å². The lowest BCUT2D eigenvalue weighted by atomic mass is 10.2. The van der Waals surface area contributed by atoms with E-state index in [0.29, 0.717) is 0 Å². The van der Waals surface area contributed by atoms with Gasteiger partial charge in [-0.3, -0.25) is 0 Å². The van der Waals surface area contributed by atoms with E-state index in [1.54, 1.807) is 0 Å². The Morgan fingerprint density at radius 1 is 0.880 bits per heavy atom. The first-order valence-electron chi connectivity index (χ1n) is 7.29. The van der Waals surface area contributed by atoms with Crippen LogP contribution in [0.3, 0.4) is 0 Å². The van der Waals surface area contributed by atoms with Gasteiger partial charge < -0.3 is 5.73 Å². The zero-order chi connectivity index (χ0) is 17.8. The molecule has 0 aliphatic heterocycles. The van der Waals surface area contributed by atoms with Gasteiger partial charge in [-0.15, -0.1) is 12.4 Å². The van der Waals surface area contributed by atoms with Crippen LogP contribution in [0.15, 0.2) is 64.4 Å². The number of nitrogens with zero attached hydrogens (tertiary/aromatic N) is 1. The summed E-state index contributed by atoms with van der Waals surface area (Å²) in [6.45, 7) is 0.562. The van der Waals surface area contributed by atoms with Crippen LogP contribution in [-0.4, -0.2) is 40.5 Å². The van der Waals surface area contributed by atoms with Gasteiger partial charge in [-0.25, -0.2) is 16.8 Å². The molecule has 2 aromatic rings. The lowest BCUT2D eigenvalue weighted by molar-refractivity contribution is 0.414. The third kappa shape index (κ3) is 5.52. The topological polar surface area (TPSA) is 97.5 Å². The molecule has 2 rings (SSSR count). The SMILES string of the molecule is CS(=O)(=O)c1ccc(S(=O)(=O)N(CCN)Cc2ccccc2)cc1.Cl. The predicted octanol–water partition coefficient (Wildman–Crippen LogP) is 1.66. The van der Waals surface area contributed by atoms with Crippen molar-refractivity contribution in [2.75, 3.05) is 19.3 Å². The van der Waals surface area contributed by atoms with Crippen molar-refractivity contribution >= 4 is 32.3 Å². The summed E-state index contributed by atoms with van der Waals surface area (Å²) in [6, 6.07) is 14.4. The van der Waals surface area contributed by atoms with Gasteiger partial charge in [-0.2, -0.15) is 4.31 Å². The molecule has 0 saturated heterocycles. The number of sulfone groups is 1. The maximum absolute atomic E-state index is 12.8. The highest BCUT2D eigenvalue weighted by Crippen LogP contribution is 2.20. The smallest absolute Gasteiger partial charge is 0.243 e. The number of benzene rings is 2. The number of nitrogens with two attached hydrogens (primary N) is 1. The molecule has 0 fully saturated rings. The van der Waals surface area contributed by atoms with Gasteiger partial charge in [0.15, 0.2) is 9.84 Å². The van der Waals surface area contributed by atoms with Crippen molar-refractivity contribution in [2.24, 2.45) is 5.73 Å². The van der Waals surface area contributed by atoms with Crippen molar-refractivity contribution in [3.63, 3.8) is 0 Å². The molecule has 0 bridgehead atoms. The van der Waals surface area contributed by atoms with Crippen LogP contribution in [0.2, 0.25) is 0 Å². The Balaban J connectivity index is 0.00000312. The molecule has 0 atom stereocenters. The second-order valence-electron chi connectivity index (χ2n) is 5.36. The minimum Gasteiger partial charge on any atom is -0.329 e. The fourth-order valence-corrected chi connectivity index (χ4v) is 4.30. The van der Waals surface area contributed by atoms with E-state index in [-0.39, 0.29) is 41.8 Å². The monoisotopic (exact) mass is 404 g/mol. The standard InChI is InChI=1S/C16H20N2O4S2.ClH/c1-23(19,20)15-7-9-16(10-8-15)24(21,22)18(12-11-17)13-14-5-3-2-4-6-14;/h2-10H,11-13,17H2,1H3;1H. The average molecular weight is 405 g/mol. The van der Waals surface area contributed by atoms with Crippen LogP contribution in [0, 0.1) is 0 Å². The zero-order valence-corrected chi connectivity index (χ0v) is 16.1. The number of rotatable bonds is 7. The quantitative estimate of drug-likeness (QED) is 0.756. The third-order valence-electron chi connectivity index (χ3n) is 3.47. The van der Waals surface area contributed by atoms with Crippen molar-refractivity contribution in [2.45, 2.75) is 16.3 Å². The number of sulfonamides is 1. The van der Waals surface area contributed by atoms with Crippen molar-refractivity contribution in [3.05, 3.63) is 60.2 Å². The van der Waals surface area contributed by atoms with Crippen LogP contribution < -0.4 is 5.73 Å². The Morgan fingerprint density at radius 3 is 1.88 bits per heavy atom. The summed E-state index contributed by atoms with van der Waals surface area (Å²) in [6.07, 6.45) is 1.08. The molecule has 0 unspecified atom stereocenters. The van der Waals surface area contributed by atoms with E-state index in [0.717, 1.165) is 11.8 Å². The molecule has 25 heavy (non-hydrogen) atoms. The van der Waals surface area contributed by atoms with Gasteiger partial charge in [0.1, 0.15) is 0 Å². The van der Waals surface area contributed by atoms with Gasteiger partial charge in [0.05, 0.1) is 9.79 Å². The van der Waals surface area contributed by atoms with Gasteiger partial charge in [-0.05, 0) is 29.8 Å². The molecule has 0 spiro atoms. The summed E-state index contributed by atoms with van der Waals surface area (Å²) < 4.78 is 49.9. The summed E-state index contributed by atoms with van der Waals surface area (Å²) in [5.41, 5.74) is 6.40. The van der Waals surface area contributed by atoms with Crippen LogP contribution in [0.5, 0.6) is 0 Å². The first-order valence-corrected chi connectivity index (χ1v) is 10.6. The van der Waals surface area contributed by atoms with E-state index < -0.39 is 19.9 Å². The third-order valence-corrected chi connectivity index (χ3v) is 6.46. The Hall–Kier alpha value is -1.45. The van der Waals surface area contributed by atoms with E-state index in [2.05, 4.69) is 0 Å². The Labute approximate surface area is 155 Å². The Kier molecular flexibility index (Phi) is 7.58. The normalized spacial score (nSPS) is 12.0. The van der Waals surface area contributed by atoms with E-state index in [4.69, 9.17) is 5.73 Å². The fraction of sp³-hybridized carbons (Fsp3) is 0.250. The molecule has 2 aromatic carbocycles. The first kappa shape index (κ1) is 21.6. The molecule has 0 aliphatic rings. The van der Waals surface area contributed by atoms with Crippen LogP contribution in [-0.2, 0) is 26.4 Å². The highest BCUT2D eigenvalue weighted by Gasteiger charge is 2.24. The average Bonchev–Trinajstić information content (AvgIpc) is 2.55. The molecule has 0 aliphatic carbocycles. The fourth-order valence-electron chi connectivity index (χ4n) is 2.22. The number of hydrogen-bond donors (Lipinski definition) is 1. The van der Waals surface area contributed by atoms with Crippen molar-refractivity contribution < 1.29 is 16.8 Å². The summed E-state index contributed by atoms with van der Waals surface area (Å²) in [7, 11) is -7.14. The van der Waals surface area contributed by atoms with Gasteiger partial charge in [-0.1, -0.05) is 30.3 Å². The molecule has 0 heterocycles. The van der Waals surface area contributed by atoms with Gasteiger partial charge in [0.25, 0.3) is 0 Å². The second-order valence-corrected chi connectivity index (χ2v) is 9.31. The molecule has 0 aromatic heterocycles. The first-order chi connectivity index (χ1) is 11.2. The minimum atomic E-state index is -3.77. The molecule has 9 heteroatoms. The molecular formula is C16H21ClN2O4S2. The predicted molar refractivity (Wildman–Crippen MR) is 99.9 cm³/mol. The molecule has 0 saturated carbocycles. The largest absolute Gasteiger partial charge is 0.329 e. The van der Waals surface area contributed by atoms with Crippen LogP contribution in [0.4, 0.5) is 0 Å². The van der Waals surface area contributed by atoms with Crippen LogP contribution in [0.1, 0.15) is 5.56 Å². The van der Waals surface area contributed by atoms with Gasteiger partial charge >= 0.3 is 0 Å². The van der Waals surface area contributed by atoms with Crippen molar-refractivity contribution in [3.8, 4) is 0 Å². The zero-order valence-electron chi connectivity index (χ0n) is 13.7. The minimum absolute atomic E-state index is 0. The lowest BCUT2D eigenvalue weighted by Gasteiger charge is -2.21. The Morgan fingerprint density at radius 2 is 1.40 bits per heavy atom. The summed E-state index contributed by atoms with van der Waals surface area (Å²) in [5.74, 6) is 0. The molecule has 6 nitrogen and oxygen atoms in total. The Bertz CT molecular complexity index is 883. The van der Waals surface area contributed by atoms with E-state index >= 15 is 0 Å². The number of halogens is 1. The van der Waals surface area contributed by atoms with E-state index in [1.807, 2.05) is 30.3 Å². The van der Waals surface area contributed by atoms with E-state index in [1.165, 1.54) is 28.6 Å². The van der Waals surface area contributed by atoms with Crippen molar-refractivity contribution in [1.29, 1.82) is 0 Å². The van der Waals surface area contributed by atoms with Crippen LogP contribution >= 0.6 is 12.4 Å². The maximum atomic E-state index is 12.8. The molecule has 2 N–H and O–H groups in total. The molecule has 0 radical (unpaired) electrons. The lowest BCUT2D eigenvalue weighted by Crippen LogP contribution is -2.34. The summed E-state index contributed by atoms with van der Waals surface area (Å²) in [5, 5.41) is 0. The maximum Gasteiger partial charge on any atom is 0.243 e. The summed E-state index contributed by atoms with van der Waals surface area (Å²) in [4.78, 5) is 0.120. The highest BCUT2D eigenvalue weighted by molar-refractivity contribution is 7.90. The van der Waals surface area contributed by atoms with E-state index in [9.17, 15) is 16.8 Å². The molecular weight excluding hydrogens is 384 g/mol. The molecule has 138 valence electrons. The number of hydrogen-bond acceptors (Lipinski definition) is 5. The summed E-state index contributed by atoms with van der Waals surface area (Å²) >= 11 is 0. The molecule has 0 amide bonds. The van der Waals surface area contributed by atoms with Crippen molar-refractivity contribution in [1.82, 2.24) is 4.31 Å². The second kappa shape index (κ2) is 8.77. The highest BCUT2D eigenvalue weighted by atomic mass is 35.5.